The van der Waals surface area contributed by atoms with E-state index in [2.05, 4.69) is 27.1 Å². The average Bonchev–Trinajstić information content (AvgIpc) is 3.16. The van der Waals surface area contributed by atoms with Crippen LogP contribution in [0.3, 0.4) is 0 Å². The number of H-pyrrole nitrogens is 1. The lowest BCUT2D eigenvalue weighted by atomic mass is 9.75. The molecule has 6 heteroatoms. The van der Waals surface area contributed by atoms with Gasteiger partial charge in [-0.25, -0.2) is 15.0 Å². The topological polar surface area (TPSA) is 74.8 Å². The molecule has 1 saturated heterocycles. The predicted molar refractivity (Wildman–Crippen MR) is 113 cm³/mol. The Balaban J connectivity index is 1.62. The van der Waals surface area contributed by atoms with Crippen molar-refractivity contribution in [1.29, 1.82) is 0 Å². The van der Waals surface area contributed by atoms with Crippen molar-refractivity contribution in [3.63, 3.8) is 0 Å². The molecule has 0 saturated carbocycles. The third-order valence-corrected chi connectivity index (χ3v) is 6.06. The van der Waals surface area contributed by atoms with Gasteiger partial charge in [0, 0.05) is 35.3 Å². The first kappa shape index (κ1) is 17.8. The molecule has 1 N–H and O–H groups in total. The lowest BCUT2D eigenvalue weighted by Gasteiger charge is -2.25. The smallest absolute Gasteiger partial charge is 0.238 e. The van der Waals surface area contributed by atoms with Crippen LogP contribution in [0.1, 0.15) is 37.4 Å². The number of amides is 1. The van der Waals surface area contributed by atoms with E-state index in [-0.39, 0.29) is 11.8 Å². The molecular weight excluding hydrogens is 362 g/mol. The Hall–Kier alpha value is -3.28. The fourth-order valence-corrected chi connectivity index (χ4v) is 4.36. The molecule has 1 aliphatic carbocycles. The Morgan fingerprint density at radius 3 is 2.69 bits per heavy atom. The van der Waals surface area contributed by atoms with Gasteiger partial charge in [0.05, 0.1) is 16.4 Å². The molecule has 2 aliphatic rings. The zero-order valence-corrected chi connectivity index (χ0v) is 17.0. The van der Waals surface area contributed by atoms with Gasteiger partial charge in [0.1, 0.15) is 11.6 Å². The second-order valence-corrected chi connectivity index (χ2v) is 8.45. The van der Waals surface area contributed by atoms with Crippen LogP contribution in [0.2, 0.25) is 0 Å². The van der Waals surface area contributed by atoms with Crippen molar-refractivity contribution in [1.82, 2.24) is 19.9 Å². The Morgan fingerprint density at radius 1 is 1.17 bits per heavy atom. The van der Waals surface area contributed by atoms with Crippen molar-refractivity contribution >= 4 is 28.3 Å². The van der Waals surface area contributed by atoms with Gasteiger partial charge in [0.15, 0.2) is 0 Å². The molecule has 3 aromatic rings. The van der Waals surface area contributed by atoms with E-state index in [1.807, 2.05) is 58.3 Å². The monoisotopic (exact) mass is 385 g/mol. The van der Waals surface area contributed by atoms with Crippen molar-refractivity contribution in [3.8, 4) is 0 Å². The van der Waals surface area contributed by atoms with Crippen LogP contribution in [0.4, 0.5) is 5.82 Å². The van der Waals surface area contributed by atoms with Crippen LogP contribution < -0.4 is 4.90 Å². The highest BCUT2D eigenvalue weighted by Crippen LogP contribution is 2.50. The zero-order chi connectivity index (χ0) is 20.3. The molecule has 0 aromatic carbocycles. The van der Waals surface area contributed by atoms with E-state index >= 15 is 0 Å². The van der Waals surface area contributed by atoms with E-state index in [4.69, 9.17) is 4.98 Å². The normalized spacial score (nSPS) is 20.6. The number of carbonyl (C=O) groups excluding carboxylic acids is 1. The number of aromatic amines is 1. The lowest BCUT2D eigenvalue weighted by Crippen LogP contribution is -2.31. The lowest BCUT2D eigenvalue weighted by molar-refractivity contribution is -0.125. The summed E-state index contributed by atoms with van der Waals surface area (Å²) in [5, 5.41) is 0. The summed E-state index contributed by atoms with van der Waals surface area (Å²) in [7, 11) is 0. The van der Waals surface area contributed by atoms with E-state index < -0.39 is 5.41 Å². The Bertz CT molecular complexity index is 1200. The van der Waals surface area contributed by atoms with E-state index in [0.717, 1.165) is 45.8 Å². The molecule has 0 radical (unpaired) electrons. The molecule has 5 rings (SSSR count). The number of hydrogen-bond acceptors (Lipinski definition) is 4. The van der Waals surface area contributed by atoms with Crippen LogP contribution in [0, 0.1) is 25.2 Å². The fraction of sp³-hybridized carbons (Fsp3) is 0.304. The summed E-state index contributed by atoms with van der Waals surface area (Å²) in [5.74, 6) is 1.62. The van der Waals surface area contributed by atoms with Gasteiger partial charge in [-0.2, -0.15) is 0 Å². The van der Waals surface area contributed by atoms with Crippen LogP contribution in [0.5, 0.6) is 0 Å². The van der Waals surface area contributed by atoms with Gasteiger partial charge < -0.3 is 4.98 Å². The highest BCUT2D eigenvalue weighted by molar-refractivity contribution is 6.04. The second-order valence-electron chi connectivity index (χ2n) is 8.45. The van der Waals surface area contributed by atoms with Gasteiger partial charge >= 0.3 is 0 Å². The summed E-state index contributed by atoms with van der Waals surface area (Å²) < 4.78 is 0. The fourth-order valence-electron chi connectivity index (χ4n) is 4.36. The van der Waals surface area contributed by atoms with Crippen molar-refractivity contribution in [2.75, 3.05) is 4.90 Å². The summed E-state index contributed by atoms with van der Waals surface area (Å²) in [6.45, 7) is 7.94. The minimum absolute atomic E-state index is 0.0858. The van der Waals surface area contributed by atoms with Crippen molar-refractivity contribution in [2.24, 2.45) is 11.3 Å². The highest BCUT2D eigenvalue weighted by Gasteiger charge is 2.51. The molecule has 146 valence electrons. The van der Waals surface area contributed by atoms with E-state index in [1.54, 1.807) is 4.90 Å². The van der Waals surface area contributed by atoms with Crippen LogP contribution in [-0.2, 0) is 4.79 Å². The number of anilines is 1. The van der Waals surface area contributed by atoms with E-state index in [1.165, 1.54) is 0 Å². The molecule has 6 nitrogen and oxygen atoms in total. The highest BCUT2D eigenvalue weighted by atomic mass is 16.2. The number of rotatable bonds is 2. The predicted octanol–water partition coefficient (Wildman–Crippen LogP) is 4.33. The molecule has 1 atom stereocenters. The van der Waals surface area contributed by atoms with Crippen LogP contribution in [-0.4, -0.2) is 25.8 Å². The maximum absolute atomic E-state index is 13.4. The van der Waals surface area contributed by atoms with Crippen molar-refractivity contribution in [3.05, 3.63) is 65.5 Å². The standard InChI is InChI=1S/C23H23N5O/c1-13-9-19-18(26-13)7-8-21(27-19)28-20-10-15(16-11-24-14(2)25-12-16)5-6-17(20)23(3,4)22(28)29/h5,7-12,17,26H,6H2,1-4H3. The van der Waals surface area contributed by atoms with Gasteiger partial charge in [-0.05, 0) is 50.1 Å². The third-order valence-electron chi connectivity index (χ3n) is 6.06. The maximum atomic E-state index is 13.4. The van der Waals surface area contributed by atoms with Crippen LogP contribution in [0.15, 0.2) is 48.4 Å². The number of nitrogens with one attached hydrogen (secondary N) is 1. The van der Waals surface area contributed by atoms with Crippen LogP contribution >= 0.6 is 0 Å². The molecule has 3 aromatic heterocycles. The largest absolute Gasteiger partial charge is 0.357 e. The van der Waals surface area contributed by atoms with Gasteiger partial charge in [0.25, 0.3) is 0 Å². The van der Waals surface area contributed by atoms with Gasteiger partial charge in [-0.1, -0.05) is 19.9 Å². The molecule has 0 bridgehead atoms. The summed E-state index contributed by atoms with van der Waals surface area (Å²) in [6.07, 6.45) is 8.77. The maximum Gasteiger partial charge on any atom is 0.238 e. The van der Waals surface area contributed by atoms with E-state index in [0.29, 0.717) is 5.82 Å². The number of allylic oxidation sites excluding steroid dienone is 4. The summed E-state index contributed by atoms with van der Waals surface area (Å²) in [6, 6.07) is 5.92. The molecule has 0 spiro atoms. The van der Waals surface area contributed by atoms with Gasteiger partial charge in [-0.3, -0.25) is 9.69 Å². The molecule has 29 heavy (non-hydrogen) atoms. The number of hydrogen-bond donors (Lipinski definition) is 1. The average molecular weight is 385 g/mol. The molecule has 4 heterocycles. The zero-order valence-electron chi connectivity index (χ0n) is 17.0. The quantitative estimate of drug-likeness (QED) is 0.712. The summed E-state index contributed by atoms with van der Waals surface area (Å²) in [5.41, 5.74) is 5.42. The second kappa shape index (κ2) is 6.11. The first-order valence-corrected chi connectivity index (χ1v) is 9.86. The summed E-state index contributed by atoms with van der Waals surface area (Å²) >= 11 is 0. The first-order valence-electron chi connectivity index (χ1n) is 9.86. The number of nitrogens with zero attached hydrogens (tertiary/aromatic N) is 4. The molecule has 1 amide bonds. The number of pyridine rings is 1. The molecular formula is C23H23N5O. The Kier molecular flexibility index (Phi) is 3.75. The minimum atomic E-state index is -0.484. The minimum Gasteiger partial charge on any atom is -0.357 e. The van der Waals surface area contributed by atoms with E-state index in [9.17, 15) is 4.79 Å². The SMILES string of the molecule is Cc1ncc(C2=CCC3C(=C2)N(c2ccc4[nH]c(C)cc4n2)C(=O)C3(C)C)cn1. The molecule has 1 fully saturated rings. The Labute approximate surface area is 169 Å². The number of fused-ring (bicyclic) bond motifs is 2. The van der Waals surface area contributed by atoms with Gasteiger partial charge in [-0.15, -0.1) is 0 Å². The van der Waals surface area contributed by atoms with Crippen molar-refractivity contribution < 1.29 is 4.79 Å². The Morgan fingerprint density at radius 2 is 1.93 bits per heavy atom. The van der Waals surface area contributed by atoms with Crippen molar-refractivity contribution in [2.45, 2.75) is 34.1 Å². The number of carbonyl (C=O) groups is 1. The molecule has 1 aliphatic heterocycles. The first-order chi connectivity index (χ1) is 13.8. The third kappa shape index (κ3) is 2.70. The van der Waals surface area contributed by atoms with Crippen LogP contribution in [0.25, 0.3) is 16.6 Å². The number of aromatic nitrogens is 4. The van der Waals surface area contributed by atoms with Gasteiger partial charge in [0.2, 0.25) is 5.91 Å². The summed E-state index contributed by atoms with van der Waals surface area (Å²) in [4.78, 5) is 31.9. The molecule has 1 unspecified atom stereocenters. The number of aryl methyl sites for hydroxylation is 2.